The van der Waals surface area contributed by atoms with E-state index in [1.807, 2.05) is 42.5 Å². The normalized spacial score (nSPS) is 10.3. The monoisotopic (exact) mass is 305 g/mol. The van der Waals surface area contributed by atoms with Gasteiger partial charge in [0, 0.05) is 5.69 Å². The lowest BCUT2D eigenvalue weighted by Crippen LogP contribution is -2.14. The molecule has 0 heterocycles. The van der Waals surface area contributed by atoms with Gasteiger partial charge in [0.2, 0.25) is 5.91 Å². The molecule has 3 aromatic rings. The van der Waals surface area contributed by atoms with Crippen LogP contribution in [0.25, 0.3) is 11.1 Å². The molecular formula is C20H16FNO. The number of carbonyl (C=O) groups is 1. The quantitative estimate of drug-likeness (QED) is 0.745. The van der Waals surface area contributed by atoms with Crippen molar-refractivity contribution in [1.82, 2.24) is 0 Å². The maximum absolute atomic E-state index is 12.8. The third kappa shape index (κ3) is 4.04. The van der Waals surface area contributed by atoms with Crippen molar-refractivity contribution in [3.8, 4) is 11.1 Å². The minimum absolute atomic E-state index is 0.121. The number of hydrogen-bond donors (Lipinski definition) is 1. The number of amides is 1. The third-order valence-electron chi connectivity index (χ3n) is 3.55. The van der Waals surface area contributed by atoms with E-state index in [1.165, 1.54) is 12.1 Å². The lowest BCUT2D eigenvalue weighted by molar-refractivity contribution is -0.115. The van der Waals surface area contributed by atoms with Crippen LogP contribution in [0.2, 0.25) is 0 Å². The zero-order chi connectivity index (χ0) is 16.1. The van der Waals surface area contributed by atoms with Crippen molar-refractivity contribution in [2.45, 2.75) is 6.42 Å². The molecule has 3 heteroatoms. The fourth-order valence-electron chi connectivity index (χ4n) is 2.37. The molecule has 1 amide bonds. The summed E-state index contributed by atoms with van der Waals surface area (Å²) in [6.45, 7) is 0. The van der Waals surface area contributed by atoms with Crippen LogP contribution in [-0.4, -0.2) is 5.91 Å². The Kier molecular flexibility index (Phi) is 4.48. The van der Waals surface area contributed by atoms with E-state index in [-0.39, 0.29) is 18.1 Å². The number of rotatable bonds is 4. The maximum Gasteiger partial charge on any atom is 0.228 e. The highest BCUT2D eigenvalue weighted by Crippen LogP contribution is 2.19. The first-order valence-electron chi connectivity index (χ1n) is 7.40. The molecule has 23 heavy (non-hydrogen) atoms. The number of benzene rings is 3. The summed E-state index contributed by atoms with van der Waals surface area (Å²) >= 11 is 0. The summed E-state index contributed by atoms with van der Waals surface area (Å²) in [5.74, 6) is -0.441. The van der Waals surface area contributed by atoms with Crippen molar-refractivity contribution in [3.05, 3.63) is 90.2 Å². The van der Waals surface area contributed by atoms with Gasteiger partial charge in [0.05, 0.1) is 6.42 Å². The van der Waals surface area contributed by atoms with Crippen LogP contribution in [-0.2, 0) is 11.2 Å². The van der Waals surface area contributed by atoms with Gasteiger partial charge in [-0.05, 0) is 41.0 Å². The summed E-state index contributed by atoms with van der Waals surface area (Å²) in [6, 6.07) is 23.7. The predicted octanol–water partition coefficient (Wildman–Crippen LogP) is 4.67. The highest BCUT2D eigenvalue weighted by atomic mass is 19.1. The van der Waals surface area contributed by atoms with E-state index in [0.29, 0.717) is 5.69 Å². The van der Waals surface area contributed by atoms with Crippen LogP contribution in [0.15, 0.2) is 78.9 Å². The molecule has 0 unspecified atom stereocenters. The molecule has 0 spiro atoms. The minimum Gasteiger partial charge on any atom is -0.326 e. The molecule has 0 aromatic heterocycles. The third-order valence-corrected chi connectivity index (χ3v) is 3.55. The second kappa shape index (κ2) is 6.88. The molecule has 0 radical (unpaired) electrons. The Balaban J connectivity index is 1.64. The maximum atomic E-state index is 12.8. The highest BCUT2D eigenvalue weighted by Gasteiger charge is 2.05. The second-order valence-electron chi connectivity index (χ2n) is 5.29. The fraction of sp³-hybridized carbons (Fsp3) is 0.0500. The number of nitrogens with one attached hydrogen (secondary N) is 1. The molecule has 0 bridgehead atoms. The van der Waals surface area contributed by atoms with Crippen LogP contribution in [0.1, 0.15) is 5.56 Å². The van der Waals surface area contributed by atoms with Gasteiger partial charge >= 0.3 is 0 Å². The van der Waals surface area contributed by atoms with Crippen LogP contribution in [0.5, 0.6) is 0 Å². The van der Waals surface area contributed by atoms with Gasteiger partial charge in [0.1, 0.15) is 5.82 Å². The van der Waals surface area contributed by atoms with Crippen molar-refractivity contribution >= 4 is 11.6 Å². The fourth-order valence-corrected chi connectivity index (χ4v) is 2.37. The Hall–Kier alpha value is -2.94. The van der Waals surface area contributed by atoms with Crippen molar-refractivity contribution in [1.29, 1.82) is 0 Å². The Bertz CT molecular complexity index is 780. The van der Waals surface area contributed by atoms with Gasteiger partial charge < -0.3 is 5.32 Å². The largest absolute Gasteiger partial charge is 0.326 e. The Morgan fingerprint density at radius 2 is 1.39 bits per heavy atom. The number of hydrogen-bond acceptors (Lipinski definition) is 1. The number of halogens is 1. The highest BCUT2D eigenvalue weighted by molar-refractivity contribution is 5.92. The van der Waals surface area contributed by atoms with E-state index in [0.717, 1.165) is 16.7 Å². The summed E-state index contributed by atoms with van der Waals surface area (Å²) in [5, 5.41) is 2.76. The Morgan fingerprint density at radius 1 is 0.783 bits per heavy atom. The van der Waals surface area contributed by atoms with Gasteiger partial charge in [-0.2, -0.15) is 0 Å². The molecule has 3 rings (SSSR count). The van der Waals surface area contributed by atoms with E-state index < -0.39 is 0 Å². The summed E-state index contributed by atoms with van der Waals surface area (Å²) in [4.78, 5) is 12.0. The van der Waals surface area contributed by atoms with E-state index in [2.05, 4.69) is 17.4 Å². The van der Waals surface area contributed by atoms with Gasteiger partial charge in [-0.25, -0.2) is 4.39 Å². The molecular weight excluding hydrogens is 289 g/mol. The second-order valence-corrected chi connectivity index (χ2v) is 5.29. The lowest BCUT2D eigenvalue weighted by Gasteiger charge is -2.06. The van der Waals surface area contributed by atoms with Crippen LogP contribution in [0, 0.1) is 5.82 Å². The van der Waals surface area contributed by atoms with E-state index >= 15 is 0 Å². The summed E-state index contributed by atoms with van der Waals surface area (Å²) < 4.78 is 12.8. The van der Waals surface area contributed by atoms with Crippen LogP contribution >= 0.6 is 0 Å². The van der Waals surface area contributed by atoms with Gasteiger partial charge in [-0.3, -0.25) is 4.79 Å². The number of carbonyl (C=O) groups excluding carboxylic acids is 1. The molecule has 1 N–H and O–H groups in total. The van der Waals surface area contributed by atoms with Crippen LogP contribution < -0.4 is 5.32 Å². The molecule has 2 nitrogen and oxygen atoms in total. The zero-order valence-corrected chi connectivity index (χ0v) is 12.5. The first-order valence-corrected chi connectivity index (χ1v) is 7.40. The smallest absolute Gasteiger partial charge is 0.228 e. The van der Waals surface area contributed by atoms with Gasteiger partial charge in [0.15, 0.2) is 0 Å². The van der Waals surface area contributed by atoms with Crippen molar-refractivity contribution < 1.29 is 9.18 Å². The summed E-state index contributed by atoms with van der Waals surface area (Å²) in [5.41, 5.74) is 3.80. The molecule has 0 aliphatic heterocycles. The van der Waals surface area contributed by atoms with Crippen molar-refractivity contribution in [2.24, 2.45) is 0 Å². The van der Waals surface area contributed by atoms with E-state index in [1.54, 1.807) is 12.1 Å². The molecule has 114 valence electrons. The van der Waals surface area contributed by atoms with Crippen molar-refractivity contribution in [2.75, 3.05) is 5.32 Å². The molecule has 0 fully saturated rings. The van der Waals surface area contributed by atoms with Gasteiger partial charge in [-0.15, -0.1) is 0 Å². The van der Waals surface area contributed by atoms with Crippen LogP contribution in [0.4, 0.5) is 10.1 Å². The van der Waals surface area contributed by atoms with Crippen LogP contribution in [0.3, 0.4) is 0 Å². The molecule has 0 saturated heterocycles. The Morgan fingerprint density at radius 3 is 2.04 bits per heavy atom. The zero-order valence-electron chi connectivity index (χ0n) is 12.5. The first-order chi connectivity index (χ1) is 11.2. The topological polar surface area (TPSA) is 29.1 Å². The minimum atomic E-state index is -0.320. The van der Waals surface area contributed by atoms with E-state index in [4.69, 9.17) is 0 Å². The van der Waals surface area contributed by atoms with Gasteiger partial charge in [-0.1, -0.05) is 54.6 Å². The Labute approximate surface area is 134 Å². The first kappa shape index (κ1) is 15.0. The summed E-state index contributed by atoms with van der Waals surface area (Å²) in [6.07, 6.45) is 0.284. The summed E-state index contributed by atoms with van der Waals surface area (Å²) in [7, 11) is 0. The molecule has 0 aliphatic carbocycles. The molecule has 0 atom stereocenters. The predicted molar refractivity (Wildman–Crippen MR) is 90.6 cm³/mol. The molecule has 0 saturated carbocycles. The average Bonchev–Trinajstić information content (AvgIpc) is 2.58. The van der Waals surface area contributed by atoms with Crippen molar-refractivity contribution in [3.63, 3.8) is 0 Å². The SMILES string of the molecule is O=C(Cc1ccc(-c2ccccc2)cc1)Nc1ccc(F)cc1. The van der Waals surface area contributed by atoms with E-state index in [9.17, 15) is 9.18 Å². The number of anilines is 1. The lowest BCUT2D eigenvalue weighted by atomic mass is 10.0. The van der Waals surface area contributed by atoms with Gasteiger partial charge in [0.25, 0.3) is 0 Å². The molecule has 3 aromatic carbocycles. The molecule has 0 aliphatic rings. The average molecular weight is 305 g/mol. The standard InChI is InChI=1S/C20H16FNO/c21-18-10-12-19(13-11-18)22-20(23)14-15-6-8-17(9-7-15)16-4-2-1-3-5-16/h1-13H,14H2,(H,22,23).